The van der Waals surface area contributed by atoms with E-state index in [0.717, 1.165) is 30.8 Å². The molecule has 158 valence electrons. The van der Waals surface area contributed by atoms with Crippen LogP contribution in [0.4, 0.5) is 28.8 Å². The molecule has 2 aliphatic heterocycles. The number of nitrogens with two attached hydrogens (primary N) is 1. The average molecular weight is 416 g/mol. The molecular formula is C23H24N6O2. The van der Waals surface area contributed by atoms with E-state index in [4.69, 9.17) is 10.5 Å². The highest BCUT2D eigenvalue weighted by molar-refractivity contribution is 5.96. The average Bonchev–Trinajstić information content (AvgIpc) is 2.98. The third-order valence-corrected chi connectivity index (χ3v) is 5.66. The maximum atomic E-state index is 12.2. The van der Waals surface area contributed by atoms with Crippen LogP contribution in [0.5, 0.6) is 0 Å². The highest BCUT2D eigenvalue weighted by Crippen LogP contribution is 2.37. The normalized spacial score (nSPS) is 16.3. The summed E-state index contributed by atoms with van der Waals surface area (Å²) in [5, 5.41) is 9.82. The Hall–Kier alpha value is -3.65. The van der Waals surface area contributed by atoms with Gasteiger partial charge in [-0.05, 0) is 62.2 Å². The molecule has 0 spiro atoms. The summed E-state index contributed by atoms with van der Waals surface area (Å²) in [4.78, 5) is 21.0. The summed E-state index contributed by atoms with van der Waals surface area (Å²) >= 11 is 0. The van der Waals surface area contributed by atoms with Gasteiger partial charge in [0.25, 0.3) is 0 Å². The zero-order valence-electron chi connectivity index (χ0n) is 17.5. The molecule has 31 heavy (non-hydrogen) atoms. The summed E-state index contributed by atoms with van der Waals surface area (Å²) in [7, 11) is 0. The van der Waals surface area contributed by atoms with E-state index in [1.54, 1.807) is 12.3 Å². The Morgan fingerprint density at radius 2 is 1.90 bits per heavy atom. The van der Waals surface area contributed by atoms with Gasteiger partial charge in [-0.15, -0.1) is 0 Å². The Morgan fingerprint density at radius 3 is 2.77 bits per heavy atom. The van der Waals surface area contributed by atoms with Crippen molar-refractivity contribution >= 4 is 34.8 Å². The molecule has 2 aromatic carbocycles. The maximum Gasteiger partial charge on any atom is 0.339 e. The van der Waals surface area contributed by atoms with Crippen LogP contribution >= 0.6 is 0 Å². The van der Waals surface area contributed by atoms with Crippen molar-refractivity contribution < 1.29 is 9.53 Å². The highest BCUT2D eigenvalue weighted by Gasteiger charge is 2.37. The molecular weight excluding hydrogens is 392 g/mol. The Kier molecular flexibility index (Phi) is 4.51. The van der Waals surface area contributed by atoms with Crippen LogP contribution in [0.15, 0.2) is 42.6 Å². The van der Waals surface area contributed by atoms with E-state index < -0.39 is 5.60 Å². The van der Waals surface area contributed by atoms with Crippen molar-refractivity contribution in [1.82, 2.24) is 15.3 Å². The molecule has 0 amide bonds. The van der Waals surface area contributed by atoms with Crippen LogP contribution in [-0.2, 0) is 23.3 Å². The zero-order valence-corrected chi connectivity index (χ0v) is 17.5. The Balaban J connectivity index is 1.38. The van der Waals surface area contributed by atoms with E-state index in [2.05, 4.69) is 38.1 Å². The molecule has 0 saturated carbocycles. The van der Waals surface area contributed by atoms with E-state index >= 15 is 0 Å². The fourth-order valence-electron chi connectivity index (χ4n) is 4.03. The van der Waals surface area contributed by atoms with Gasteiger partial charge in [0.15, 0.2) is 5.82 Å². The monoisotopic (exact) mass is 416 g/mol. The molecule has 8 nitrogen and oxygen atoms in total. The number of aromatic nitrogens is 2. The molecule has 8 heteroatoms. The van der Waals surface area contributed by atoms with Crippen LogP contribution in [0.3, 0.4) is 0 Å². The van der Waals surface area contributed by atoms with Gasteiger partial charge in [0.05, 0.1) is 17.4 Å². The van der Waals surface area contributed by atoms with Crippen molar-refractivity contribution in [3.8, 4) is 0 Å². The van der Waals surface area contributed by atoms with Crippen molar-refractivity contribution in [1.29, 1.82) is 0 Å². The number of esters is 1. The molecule has 1 aromatic heterocycles. The van der Waals surface area contributed by atoms with Crippen molar-refractivity contribution in [3.05, 3.63) is 64.8 Å². The second-order valence-corrected chi connectivity index (χ2v) is 8.32. The van der Waals surface area contributed by atoms with Crippen molar-refractivity contribution in [2.45, 2.75) is 32.4 Å². The first-order chi connectivity index (χ1) is 14.9. The number of rotatable bonds is 4. The quantitative estimate of drug-likeness (QED) is 0.477. The van der Waals surface area contributed by atoms with E-state index in [-0.39, 0.29) is 5.97 Å². The van der Waals surface area contributed by atoms with Gasteiger partial charge < -0.3 is 26.4 Å². The molecule has 0 unspecified atom stereocenters. The number of carbonyl (C=O) groups excluding carboxylic acids is 1. The highest BCUT2D eigenvalue weighted by atomic mass is 16.6. The fraction of sp³-hybridized carbons (Fsp3) is 0.261. The summed E-state index contributed by atoms with van der Waals surface area (Å²) < 4.78 is 5.44. The van der Waals surface area contributed by atoms with Gasteiger partial charge in [0.1, 0.15) is 5.60 Å². The number of anilines is 5. The third-order valence-electron chi connectivity index (χ3n) is 5.66. The molecule has 0 bridgehead atoms. The molecule has 3 heterocycles. The predicted molar refractivity (Wildman–Crippen MR) is 120 cm³/mol. The number of cyclic esters (lactones) is 1. The third kappa shape index (κ3) is 3.66. The number of benzene rings is 2. The summed E-state index contributed by atoms with van der Waals surface area (Å²) in [6.45, 7) is 5.63. The molecule has 2 aliphatic rings. The van der Waals surface area contributed by atoms with Gasteiger partial charge in [0, 0.05) is 23.5 Å². The second kappa shape index (κ2) is 7.24. The van der Waals surface area contributed by atoms with Crippen LogP contribution in [0.1, 0.15) is 40.9 Å². The minimum Gasteiger partial charge on any atom is -0.451 e. The number of nitrogens with one attached hydrogen (secondary N) is 3. The summed E-state index contributed by atoms with van der Waals surface area (Å²) in [5.74, 6) is 0.571. The number of ether oxygens (including phenoxy) is 1. The number of carbonyl (C=O) groups is 1. The summed E-state index contributed by atoms with van der Waals surface area (Å²) in [6, 6.07) is 11.8. The lowest BCUT2D eigenvalue weighted by molar-refractivity contribution is 0.00954. The van der Waals surface area contributed by atoms with Crippen LogP contribution in [-0.4, -0.2) is 22.5 Å². The Labute approximate surface area is 180 Å². The molecule has 5 N–H and O–H groups in total. The summed E-state index contributed by atoms with van der Waals surface area (Å²) in [5.41, 5.74) is 11.6. The number of nitrogens with zero attached hydrogens (tertiary/aromatic N) is 2. The lowest BCUT2D eigenvalue weighted by Gasteiger charge is -2.18. The lowest BCUT2D eigenvalue weighted by atomic mass is 9.96. The smallest absolute Gasteiger partial charge is 0.339 e. The molecule has 3 aromatic rings. The van der Waals surface area contributed by atoms with Crippen LogP contribution < -0.4 is 21.7 Å². The van der Waals surface area contributed by atoms with Gasteiger partial charge in [-0.3, -0.25) is 0 Å². The standard InChI is InChI=1S/C23H24N6O2/c1-23(2)18-6-5-16(10-17(18)21(30)31-23)27-20-19(24)12-26-22(29-20)28-15-4-3-14-11-25-8-7-13(14)9-15/h3-6,9-10,12,25H,7-8,11,24H2,1-2H3,(H2,26,27,28,29). The van der Waals surface area contributed by atoms with Crippen LogP contribution in [0.25, 0.3) is 0 Å². The van der Waals surface area contributed by atoms with Crippen molar-refractivity contribution in [2.24, 2.45) is 0 Å². The molecule has 0 atom stereocenters. The molecule has 0 radical (unpaired) electrons. The second-order valence-electron chi connectivity index (χ2n) is 8.32. The number of hydrogen-bond acceptors (Lipinski definition) is 8. The number of hydrogen-bond donors (Lipinski definition) is 4. The fourth-order valence-corrected chi connectivity index (χ4v) is 4.03. The molecule has 5 rings (SSSR count). The van der Waals surface area contributed by atoms with E-state index in [1.165, 1.54) is 11.1 Å². The van der Waals surface area contributed by atoms with Gasteiger partial charge in [0.2, 0.25) is 5.95 Å². The van der Waals surface area contributed by atoms with Gasteiger partial charge in [-0.2, -0.15) is 4.98 Å². The Morgan fingerprint density at radius 1 is 1.10 bits per heavy atom. The van der Waals surface area contributed by atoms with E-state index in [1.807, 2.05) is 32.0 Å². The van der Waals surface area contributed by atoms with Gasteiger partial charge in [-0.25, -0.2) is 9.78 Å². The van der Waals surface area contributed by atoms with Crippen molar-refractivity contribution in [3.63, 3.8) is 0 Å². The minimum atomic E-state index is -0.624. The number of fused-ring (bicyclic) bond motifs is 2. The minimum absolute atomic E-state index is 0.329. The SMILES string of the molecule is CC1(C)OC(=O)c2cc(Nc3nc(Nc4ccc5c(c4)CCNC5)ncc3N)ccc21. The summed E-state index contributed by atoms with van der Waals surface area (Å²) in [6.07, 6.45) is 2.56. The molecule has 0 aliphatic carbocycles. The molecule has 0 fully saturated rings. The van der Waals surface area contributed by atoms with E-state index in [0.29, 0.717) is 28.7 Å². The first-order valence-corrected chi connectivity index (χ1v) is 10.3. The first-order valence-electron chi connectivity index (χ1n) is 10.3. The lowest BCUT2D eigenvalue weighted by Crippen LogP contribution is -2.23. The molecule has 0 saturated heterocycles. The van der Waals surface area contributed by atoms with Gasteiger partial charge in [-0.1, -0.05) is 12.1 Å². The topological polar surface area (TPSA) is 114 Å². The van der Waals surface area contributed by atoms with E-state index in [9.17, 15) is 4.79 Å². The van der Waals surface area contributed by atoms with Gasteiger partial charge >= 0.3 is 5.97 Å². The zero-order chi connectivity index (χ0) is 21.6. The predicted octanol–water partition coefficient (Wildman–Crippen LogP) is 3.60. The van der Waals surface area contributed by atoms with Crippen molar-refractivity contribution in [2.75, 3.05) is 22.9 Å². The maximum absolute atomic E-state index is 12.2. The first kappa shape index (κ1) is 19.3. The Bertz CT molecular complexity index is 1190. The van der Waals surface area contributed by atoms with Crippen LogP contribution in [0.2, 0.25) is 0 Å². The van der Waals surface area contributed by atoms with Crippen LogP contribution in [0, 0.1) is 0 Å². The number of nitrogen functional groups attached to an aromatic ring is 1. The largest absolute Gasteiger partial charge is 0.451 e.